The van der Waals surface area contributed by atoms with E-state index in [0.717, 1.165) is 6.54 Å². The second-order valence-corrected chi connectivity index (χ2v) is 4.88. The van der Waals surface area contributed by atoms with Crippen LogP contribution in [0.1, 0.15) is 38.7 Å². The summed E-state index contributed by atoms with van der Waals surface area (Å²) in [6.45, 7) is 4.90. The van der Waals surface area contributed by atoms with Crippen LogP contribution in [0.15, 0.2) is 30.3 Å². The highest BCUT2D eigenvalue weighted by molar-refractivity contribution is 5.83. The SMILES string of the molecule is CCC(=O)C(C)N(Cc1ccccc1)C1CC1. The lowest BCUT2D eigenvalue weighted by atomic mass is 10.1. The van der Waals surface area contributed by atoms with Crippen LogP contribution in [-0.2, 0) is 11.3 Å². The molecule has 17 heavy (non-hydrogen) atoms. The van der Waals surface area contributed by atoms with Crippen LogP contribution in [0.25, 0.3) is 0 Å². The summed E-state index contributed by atoms with van der Waals surface area (Å²) in [5.41, 5.74) is 1.30. The van der Waals surface area contributed by atoms with E-state index in [2.05, 4.69) is 29.2 Å². The van der Waals surface area contributed by atoms with Gasteiger partial charge in [-0.2, -0.15) is 0 Å². The smallest absolute Gasteiger partial charge is 0.149 e. The van der Waals surface area contributed by atoms with E-state index >= 15 is 0 Å². The molecule has 2 heteroatoms. The fourth-order valence-electron chi connectivity index (χ4n) is 2.26. The van der Waals surface area contributed by atoms with Crippen molar-refractivity contribution in [3.63, 3.8) is 0 Å². The van der Waals surface area contributed by atoms with Gasteiger partial charge in [0.2, 0.25) is 0 Å². The number of carbonyl (C=O) groups excluding carboxylic acids is 1. The van der Waals surface area contributed by atoms with E-state index in [1.807, 2.05) is 19.9 Å². The van der Waals surface area contributed by atoms with Gasteiger partial charge >= 0.3 is 0 Å². The molecule has 1 aromatic carbocycles. The number of ketones is 1. The normalized spacial score (nSPS) is 17.1. The van der Waals surface area contributed by atoms with Gasteiger partial charge in [0, 0.05) is 19.0 Å². The van der Waals surface area contributed by atoms with Crippen LogP contribution in [0.2, 0.25) is 0 Å². The zero-order valence-corrected chi connectivity index (χ0v) is 10.7. The van der Waals surface area contributed by atoms with E-state index in [9.17, 15) is 4.79 Å². The topological polar surface area (TPSA) is 20.3 Å². The summed E-state index contributed by atoms with van der Waals surface area (Å²) in [5.74, 6) is 0.354. The fourth-order valence-corrected chi connectivity index (χ4v) is 2.26. The Bertz CT molecular complexity index is 370. The first-order valence-electron chi connectivity index (χ1n) is 6.54. The first-order chi connectivity index (χ1) is 8.22. The predicted octanol–water partition coefficient (Wildman–Crippen LogP) is 3.02. The summed E-state index contributed by atoms with van der Waals surface area (Å²) in [6.07, 6.45) is 3.13. The first kappa shape index (κ1) is 12.3. The summed E-state index contributed by atoms with van der Waals surface area (Å²) >= 11 is 0. The summed E-state index contributed by atoms with van der Waals surface area (Å²) in [7, 11) is 0. The van der Waals surface area contributed by atoms with Crippen molar-refractivity contribution < 1.29 is 4.79 Å². The molecule has 0 heterocycles. The highest BCUT2D eigenvalue weighted by Crippen LogP contribution is 2.30. The minimum absolute atomic E-state index is 0.0627. The Hall–Kier alpha value is -1.15. The molecule has 0 N–H and O–H groups in total. The lowest BCUT2D eigenvalue weighted by molar-refractivity contribution is -0.123. The van der Waals surface area contributed by atoms with Gasteiger partial charge in [0.05, 0.1) is 6.04 Å². The van der Waals surface area contributed by atoms with Crippen LogP contribution in [-0.4, -0.2) is 22.8 Å². The molecule has 1 unspecified atom stereocenters. The molecule has 1 aromatic rings. The number of benzene rings is 1. The van der Waals surface area contributed by atoms with Crippen LogP contribution in [0.4, 0.5) is 0 Å². The van der Waals surface area contributed by atoms with Crippen molar-refractivity contribution in [2.75, 3.05) is 0 Å². The standard InChI is InChI=1S/C15H21NO/c1-3-15(17)12(2)16(14-9-10-14)11-13-7-5-4-6-8-13/h4-8,12,14H,3,9-11H2,1-2H3. The molecule has 0 radical (unpaired) electrons. The summed E-state index contributed by atoms with van der Waals surface area (Å²) in [6, 6.07) is 11.1. The van der Waals surface area contributed by atoms with E-state index in [0.29, 0.717) is 18.2 Å². The minimum atomic E-state index is 0.0627. The van der Waals surface area contributed by atoms with Crippen molar-refractivity contribution in [3.05, 3.63) is 35.9 Å². The van der Waals surface area contributed by atoms with Crippen LogP contribution < -0.4 is 0 Å². The Balaban J connectivity index is 2.05. The third-order valence-electron chi connectivity index (χ3n) is 3.54. The molecule has 1 saturated carbocycles. The number of hydrogen-bond donors (Lipinski definition) is 0. The quantitative estimate of drug-likeness (QED) is 0.750. The maximum Gasteiger partial charge on any atom is 0.149 e. The van der Waals surface area contributed by atoms with Gasteiger partial charge in [0.15, 0.2) is 0 Å². The van der Waals surface area contributed by atoms with Gasteiger partial charge in [-0.05, 0) is 25.3 Å². The van der Waals surface area contributed by atoms with Gasteiger partial charge in [-0.1, -0.05) is 37.3 Å². The maximum absolute atomic E-state index is 11.8. The predicted molar refractivity (Wildman–Crippen MR) is 69.8 cm³/mol. The van der Waals surface area contributed by atoms with E-state index in [-0.39, 0.29) is 6.04 Å². The average Bonchev–Trinajstić information content (AvgIpc) is 3.19. The van der Waals surface area contributed by atoms with Crippen LogP contribution in [0, 0.1) is 0 Å². The van der Waals surface area contributed by atoms with E-state index in [1.165, 1.54) is 18.4 Å². The average molecular weight is 231 g/mol. The van der Waals surface area contributed by atoms with E-state index < -0.39 is 0 Å². The molecule has 2 nitrogen and oxygen atoms in total. The largest absolute Gasteiger partial charge is 0.298 e. The molecule has 0 saturated heterocycles. The molecule has 1 aliphatic rings. The lowest BCUT2D eigenvalue weighted by Gasteiger charge is -2.28. The van der Waals surface area contributed by atoms with Crippen LogP contribution in [0.3, 0.4) is 0 Å². The van der Waals surface area contributed by atoms with Crippen molar-refractivity contribution in [2.45, 2.75) is 51.7 Å². The zero-order chi connectivity index (χ0) is 12.3. The number of nitrogens with zero attached hydrogens (tertiary/aromatic N) is 1. The molecule has 2 rings (SSSR count). The second-order valence-electron chi connectivity index (χ2n) is 4.88. The van der Waals surface area contributed by atoms with Crippen LogP contribution in [0.5, 0.6) is 0 Å². The molecule has 1 aliphatic carbocycles. The molecule has 1 atom stereocenters. The van der Waals surface area contributed by atoms with Gasteiger partial charge in [-0.25, -0.2) is 0 Å². The third-order valence-corrected chi connectivity index (χ3v) is 3.54. The lowest BCUT2D eigenvalue weighted by Crippen LogP contribution is -2.39. The minimum Gasteiger partial charge on any atom is -0.298 e. The summed E-state index contributed by atoms with van der Waals surface area (Å²) in [5, 5.41) is 0. The number of Topliss-reactive ketones (excluding diaryl/α,β-unsaturated/α-hetero) is 1. The Morgan fingerprint density at radius 2 is 2.00 bits per heavy atom. The highest BCUT2D eigenvalue weighted by atomic mass is 16.1. The molecule has 0 spiro atoms. The molecule has 0 amide bonds. The van der Waals surface area contributed by atoms with Gasteiger partial charge < -0.3 is 0 Å². The van der Waals surface area contributed by atoms with E-state index in [1.54, 1.807) is 0 Å². The summed E-state index contributed by atoms with van der Waals surface area (Å²) in [4.78, 5) is 14.2. The fraction of sp³-hybridized carbons (Fsp3) is 0.533. The third kappa shape index (κ3) is 3.16. The second kappa shape index (κ2) is 5.46. The zero-order valence-electron chi connectivity index (χ0n) is 10.7. The first-order valence-corrected chi connectivity index (χ1v) is 6.54. The van der Waals surface area contributed by atoms with Gasteiger partial charge in [-0.3, -0.25) is 9.69 Å². The molecule has 1 fully saturated rings. The molecule has 0 aromatic heterocycles. The molecule has 92 valence electrons. The van der Waals surface area contributed by atoms with Crippen molar-refractivity contribution in [2.24, 2.45) is 0 Å². The molecular weight excluding hydrogens is 210 g/mol. The van der Waals surface area contributed by atoms with Gasteiger partial charge in [0.25, 0.3) is 0 Å². The van der Waals surface area contributed by atoms with Crippen LogP contribution >= 0.6 is 0 Å². The Kier molecular flexibility index (Phi) is 3.95. The van der Waals surface area contributed by atoms with Gasteiger partial charge in [-0.15, -0.1) is 0 Å². The van der Waals surface area contributed by atoms with Crippen molar-refractivity contribution in [1.82, 2.24) is 4.90 Å². The molecule has 0 aliphatic heterocycles. The Labute approximate surface area is 104 Å². The monoisotopic (exact) mass is 231 g/mol. The Morgan fingerprint density at radius 3 is 2.53 bits per heavy atom. The summed E-state index contributed by atoms with van der Waals surface area (Å²) < 4.78 is 0. The number of carbonyl (C=O) groups is 1. The van der Waals surface area contributed by atoms with E-state index in [4.69, 9.17) is 0 Å². The number of hydrogen-bond acceptors (Lipinski definition) is 2. The maximum atomic E-state index is 11.8. The highest BCUT2D eigenvalue weighted by Gasteiger charge is 2.34. The van der Waals surface area contributed by atoms with Crippen molar-refractivity contribution >= 4 is 5.78 Å². The number of rotatable bonds is 6. The van der Waals surface area contributed by atoms with Gasteiger partial charge in [0.1, 0.15) is 5.78 Å². The molecular formula is C15H21NO. The van der Waals surface area contributed by atoms with Crippen molar-refractivity contribution in [3.8, 4) is 0 Å². The Morgan fingerprint density at radius 1 is 1.35 bits per heavy atom. The molecule has 0 bridgehead atoms. The van der Waals surface area contributed by atoms with Crippen molar-refractivity contribution in [1.29, 1.82) is 0 Å².